The van der Waals surface area contributed by atoms with Crippen molar-refractivity contribution in [3.63, 3.8) is 0 Å². The Balaban J connectivity index is -0.000000180. The Bertz CT molecular complexity index is 133. The van der Waals surface area contributed by atoms with E-state index < -0.39 is 8.77 Å². The summed E-state index contributed by atoms with van der Waals surface area (Å²) in [5.74, 6) is 0.238. The van der Waals surface area contributed by atoms with Gasteiger partial charge in [-0.2, -0.15) is 0 Å². The van der Waals surface area contributed by atoms with Crippen molar-refractivity contribution in [3.8, 4) is 0 Å². The molecule has 0 spiro atoms. The largest absolute Gasteiger partial charge is 1.00 e. The fourth-order valence-electron chi connectivity index (χ4n) is 0.258. The van der Waals surface area contributed by atoms with Gasteiger partial charge in [0.25, 0.3) is 0 Å². The number of hydrogen-bond donors (Lipinski definition) is 1. The minimum Gasteiger partial charge on any atom is -1.00 e. The molecule has 0 aromatic heterocycles. The Morgan fingerprint density at radius 3 is 2.25 bits per heavy atom. The molecule has 0 saturated heterocycles. The van der Waals surface area contributed by atoms with Crippen LogP contribution < -0.4 is 29.6 Å². The first-order valence-electron chi connectivity index (χ1n) is 2.01. The van der Waals surface area contributed by atoms with Crippen LogP contribution in [0.15, 0.2) is 0 Å². The van der Waals surface area contributed by atoms with Crippen LogP contribution in [0.1, 0.15) is 14.8 Å². The molecule has 5 heteroatoms. The van der Waals surface area contributed by atoms with Gasteiger partial charge in [0.2, 0.25) is 0 Å². The normalized spacial score (nSPS) is 16.2. The van der Waals surface area contributed by atoms with Crippen LogP contribution in [0.2, 0.25) is 0 Å². The summed E-state index contributed by atoms with van der Waals surface area (Å²) < 4.78 is 18.5. The maximum absolute atomic E-state index is 10.2. The molecule has 0 aliphatic carbocycles. The van der Waals surface area contributed by atoms with Gasteiger partial charge in [-0.15, -0.1) is 0 Å². The van der Waals surface area contributed by atoms with Crippen molar-refractivity contribution in [1.29, 1.82) is 0 Å². The van der Waals surface area contributed by atoms with Gasteiger partial charge in [0.15, 0.2) is 0 Å². The van der Waals surface area contributed by atoms with Crippen LogP contribution in [-0.2, 0) is 20.0 Å². The predicted molar refractivity (Wildman–Crippen MR) is 34.4 cm³/mol. The van der Waals surface area contributed by atoms with Gasteiger partial charge in [0.05, 0.1) is 0 Å². The van der Waals surface area contributed by atoms with E-state index in [1.54, 1.807) is 0 Å². The molecule has 0 aliphatic heterocycles. The third-order valence-corrected chi connectivity index (χ3v) is 1.89. The zero-order chi connectivity index (χ0) is 5.91. The molecule has 8 heavy (non-hydrogen) atoms. The molecule has 0 amide bonds. The first-order valence-corrected chi connectivity index (χ1v) is 4.62. The molecule has 0 bridgehead atoms. The van der Waals surface area contributed by atoms with Crippen molar-refractivity contribution in [3.05, 3.63) is 0 Å². The summed E-state index contributed by atoms with van der Waals surface area (Å²) in [6.45, 7) is 1.82. The summed E-state index contributed by atoms with van der Waals surface area (Å²) in [5.41, 5.74) is 0. The Hall–Kier alpha value is 1.33. The van der Waals surface area contributed by atoms with Crippen LogP contribution >= 0.6 is 0 Å². The van der Waals surface area contributed by atoms with Crippen molar-refractivity contribution in [1.82, 2.24) is 0 Å². The number of hydrogen-bond acceptors (Lipinski definition) is 2. The summed E-state index contributed by atoms with van der Waals surface area (Å²) in [6.07, 6.45) is 0.679. The van der Waals surface area contributed by atoms with E-state index in [1.807, 2.05) is 6.92 Å². The second kappa shape index (κ2) is 5.14. The van der Waals surface area contributed by atoms with E-state index in [0.717, 1.165) is 0 Å². The second-order valence-corrected chi connectivity index (χ2v) is 4.42. The molecule has 0 aromatic carbocycles. The van der Waals surface area contributed by atoms with Gasteiger partial charge in [-0.25, -0.2) is 4.21 Å². The van der Waals surface area contributed by atoms with E-state index in [0.29, 0.717) is 6.42 Å². The first kappa shape index (κ1) is 12.0. The van der Waals surface area contributed by atoms with Gasteiger partial charge in [0, 0.05) is 16.9 Å². The van der Waals surface area contributed by atoms with Crippen LogP contribution in [0.5, 0.6) is 0 Å². The molecule has 2 nitrogen and oxygen atoms in total. The van der Waals surface area contributed by atoms with E-state index in [-0.39, 0.29) is 36.7 Å². The summed E-state index contributed by atoms with van der Waals surface area (Å²) in [6, 6.07) is 0. The van der Waals surface area contributed by atoms with Crippen LogP contribution in [-0.4, -0.2) is 14.5 Å². The maximum atomic E-state index is 10.2. The van der Waals surface area contributed by atoms with E-state index in [2.05, 4.69) is 11.2 Å². The van der Waals surface area contributed by atoms with Gasteiger partial charge < -0.3 is 5.98 Å². The minimum atomic E-state index is -2.84. The Morgan fingerprint density at radius 1 is 1.88 bits per heavy atom. The topological polar surface area (TPSA) is 37.3 Å². The summed E-state index contributed by atoms with van der Waals surface area (Å²) in [5, 5.41) is 0. The average molecular weight is 164 g/mol. The smallest absolute Gasteiger partial charge is 1.00 e. The van der Waals surface area contributed by atoms with Crippen molar-refractivity contribution < 1.29 is 39.7 Å². The van der Waals surface area contributed by atoms with Crippen LogP contribution in [0.3, 0.4) is 0 Å². The van der Waals surface area contributed by atoms with Crippen LogP contribution in [0.25, 0.3) is 0 Å². The van der Waals surface area contributed by atoms with E-state index in [4.69, 9.17) is 4.55 Å². The first-order chi connectivity index (χ1) is 3.06. The minimum absolute atomic E-state index is 0. The molecule has 0 aromatic rings. The Morgan fingerprint density at radius 2 is 2.25 bits per heavy atom. The van der Waals surface area contributed by atoms with Crippen molar-refractivity contribution in [2.45, 2.75) is 13.3 Å². The monoisotopic (exact) mass is 164 g/mol. The Labute approximate surface area is 78.3 Å². The average Bonchev–Trinajstić information content (AvgIpc) is 1.30. The molecule has 1 N–H and O–H groups in total. The maximum Gasteiger partial charge on any atom is 1.00 e. The van der Waals surface area contributed by atoms with Gasteiger partial charge in [-0.05, 0) is 6.42 Å². The van der Waals surface area contributed by atoms with Crippen LogP contribution in [0.4, 0.5) is 0 Å². The Kier molecular flexibility index (Phi) is 7.74. The molecule has 0 fully saturated rings. The molecule has 0 heterocycles. The summed E-state index contributed by atoms with van der Waals surface area (Å²) in [7, 11) is -2.84. The second-order valence-electron chi connectivity index (χ2n) is 1.29. The molecule has 46 valence electrons. The third kappa shape index (κ3) is 10.3. The van der Waals surface area contributed by atoms with Gasteiger partial charge in [-0.1, -0.05) is 6.92 Å². The fourth-order valence-corrected chi connectivity index (χ4v) is 1.27. The molecular formula is C3H9NaO2S2. The van der Waals surface area contributed by atoms with Gasteiger partial charge >= 0.3 is 29.6 Å². The van der Waals surface area contributed by atoms with Gasteiger partial charge in [0.1, 0.15) is 8.77 Å². The zero-order valence-electron chi connectivity index (χ0n) is 6.09. The van der Waals surface area contributed by atoms with Crippen molar-refractivity contribution in [2.24, 2.45) is 0 Å². The van der Waals surface area contributed by atoms with Crippen molar-refractivity contribution in [2.75, 3.05) is 5.75 Å². The van der Waals surface area contributed by atoms with E-state index in [1.165, 1.54) is 0 Å². The van der Waals surface area contributed by atoms with Crippen LogP contribution in [0, 0.1) is 0 Å². The summed E-state index contributed by atoms with van der Waals surface area (Å²) >= 11 is 4.17. The predicted octanol–water partition coefficient (Wildman–Crippen LogP) is -2.27. The zero-order valence-corrected chi connectivity index (χ0v) is 8.72. The fraction of sp³-hybridized carbons (Fsp3) is 1.00. The van der Waals surface area contributed by atoms with Crippen molar-refractivity contribution >= 4 is 20.0 Å². The molecule has 0 rings (SSSR count). The third-order valence-electron chi connectivity index (χ3n) is 0.462. The quantitative estimate of drug-likeness (QED) is 0.468. The van der Waals surface area contributed by atoms with E-state index in [9.17, 15) is 4.21 Å². The summed E-state index contributed by atoms with van der Waals surface area (Å²) in [4.78, 5) is 0. The molecule has 0 radical (unpaired) electrons. The van der Waals surface area contributed by atoms with E-state index >= 15 is 0 Å². The molecule has 0 saturated carbocycles. The standard InChI is InChI=1S/C3H8O2S2.Na.H/c1-2-3-7(4,5)6;;/h2-3H2,1H3,(H,4,5,6);;/q;+1;-1. The molecular weight excluding hydrogens is 155 g/mol. The van der Waals surface area contributed by atoms with Gasteiger partial charge in [-0.3, -0.25) is 0 Å². The molecule has 0 aliphatic rings. The SMILES string of the molecule is CCCS(=O)(O)=S.[H-].[Na+]. The number of rotatable bonds is 2. The molecule has 1 atom stereocenters. The molecule has 1 unspecified atom stereocenters.